The third kappa shape index (κ3) is 10.8. The summed E-state index contributed by atoms with van der Waals surface area (Å²) in [6.07, 6.45) is 13.4. The van der Waals surface area contributed by atoms with Crippen LogP contribution in [0.2, 0.25) is 0 Å². The molecule has 6 heteroatoms. The van der Waals surface area contributed by atoms with Crippen LogP contribution < -0.4 is 4.90 Å². The highest BCUT2D eigenvalue weighted by atomic mass is 16.2. The SMILES string of the molecule is CC.CC1CCCCC1.CCC(CC(C)c1ccc(-c2ccc3ncc(N(C)C(C)=O)c(C)c3c2)cn1)N(C)C.CO. The van der Waals surface area contributed by atoms with Crippen LogP contribution in [0.5, 0.6) is 0 Å². The van der Waals surface area contributed by atoms with Crippen molar-refractivity contribution < 1.29 is 9.90 Å². The highest BCUT2D eigenvalue weighted by Gasteiger charge is 2.17. The third-order valence-corrected chi connectivity index (χ3v) is 8.29. The Morgan fingerprint density at radius 3 is 2.07 bits per heavy atom. The number of carbonyl (C=O) groups is 1. The predicted octanol–water partition coefficient (Wildman–Crippen LogP) is 8.64. The van der Waals surface area contributed by atoms with Gasteiger partial charge in [-0.15, -0.1) is 0 Å². The van der Waals surface area contributed by atoms with Gasteiger partial charge in [0.05, 0.1) is 17.4 Å². The number of benzene rings is 1. The number of aliphatic hydroxyl groups is 1. The molecule has 0 bridgehead atoms. The van der Waals surface area contributed by atoms with E-state index in [-0.39, 0.29) is 5.91 Å². The van der Waals surface area contributed by atoms with Crippen molar-refractivity contribution in [1.29, 1.82) is 0 Å². The van der Waals surface area contributed by atoms with Gasteiger partial charge in [-0.3, -0.25) is 14.8 Å². The second-order valence-electron chi connectivity index (χ2n) is 11.5. The van der Waals surface area contributed by atoms with E-state index in [0.717, 1.165) is 64.8 Å². The molecular formula is C36H58N4O2. The highest BCUT2D eigenvalue weighted by Crippen LogP contribution is 2.31. The molecule has 0 spiro atoms. The van der Waals surface area contributed by atoms with E-state index in [2.05, 4.69) is 69.0 Å². The standard InChI is InChI=1S/C26H34N4O.C7H14.C2H6.CH4O/c1-8-22(29(5)6)13-17(2)24-11-10-21(15-27-24)20-9-12-25-23(14-20)18(3)26(16-28-25)30(7)19(4)31;1-7-5-3-2-4-6-7;2*1-2/h9-12,14-17,22H,8,13H2,1-7H3;7H,2-6H2,1H3;1-2H3;2H,1H3. The molecule has 6 nitrogen and oxygen atoms in total. The lowest BCUT2D eigenvalue weighted by Gasteiger charge is -2.25. The van der Waals surface area contributed by atoms with E-state index in [1.165, 1.54) is 32.1 Å². The Morgan fingerprint density at radius 2 is 1.60 bits per heavy atom. The number of pyridine rings is 2. The van der Waals surface area contributed by atoms with E-state index in [9.17, 15) is 4.79 Å². The molecule has 2 atom stereocenters. The summed E-state index contributed by atoms with van der Waals surface area (Å²) < 4.78 is 0. The molecule has 234 valence electrons. The smallest absolute Gasteiger partial charge is 0.223 e. The first-order chi connectivity index (χ1) is 20.1. The summed E-state index contributed by atoms with van der Waals surface area (Å²) in [4.78, 5) is 25.1. The Morgan fingerprint density at radius 1 is 0.976 bits per heavy atom. The molecule has 1 N–H and O–H groups in total. The van der Waals surface area contributed by atoms with Gasteiger partial charge in [0.15, 0.2) is 0 Å². The van der Waals surface area contributed by atoms with E-state index >= 15 is 0 Å². The zero-order valence-corrected chi connectivity index (χ0v) is 28.4. The van der Waals surface area contributed by atoms with Gasteiger partial charge in [-0.1, -0.05) is 78.9 Å². The highest BCUT2D eigenvalue weighted by molar-refractivity contribution is 5.96. The number of aromatic nitrogens is 2. The van der Waals surface area contributed by atoms with E-state index < -0.39 is 0 Å². The minimum Gasteiger partial charge on any atom is -0.400 e. The van der Waals surface area contributed by atoms with Crippen LogP contribution in [0.3, 0.4) is 0 Å². The van der Waals surface area contributed by atoms with Gasteiger partial charge in [0.1, 0.15) is 0 Å². The first kappa shape index (κ1) is 37.2. The van der Waals surface area contributed by atoms with Gasteiger partial charge in [0.25, 0.3) is 0 Å². The maximum Gasteiger partial charge on any atom is 0.223 e. The Kier molecular flexibility index (Phi) is 17.2. The molecule has 3 aromatic rings. The van der Waals surface area contributed by atoms with Crippen molar-refractivity contribution in [1.82, 2.24) is 14.9 Å². The summed E-state index contributed by atoms with van der Waals surface area (Å²) in [5.74, 6) is 1.44. The summed E-state index contributed by atoms with van der Waals surface area (Å²) in [7, 11) is 7.08. The third-order valence-electron chi connectivity index (χ3n) is 8.29. The van der Waals surface area contributed by atoms with Crippen molar-refractivity contribution >= 4 is 22.5 Å². The van der Waals surface area contributed by atoms with Crippen molar-refractivity contribution in [3.63, 3.8) is 0 Å². The Hall–Kier alpha value is -2.83. The fourth-order valence-electron chi connectivity index (χ4n) is 5.45. The Labute approximate surface area is 256 Å². The lowest BCUT2D eigenvalue weighted by Crippen LogP contribution is -2.28. The molecule has 1 saturated carbocycles. The lowest BCUT2D eigenvalue weighted by molar-refractivity contribution is -0.116. The van der Waals surface area contributed by atoms with Crippen LogP contribution in [-0.4, -0.2) is 60.2 Å². The maximum atomic E-state index is 11.8. The molecular weight excluding hydrogens is 520 g/mol. The largest absolute Gasteiger partial charge is 0.400 e. The molecule has 1 aliphatic carbocycles. The summed E-state index contributed by atoms with van der Waals surface area (Å²) >= 11 is 0. The van der Waals surface area contributed by atoms with Crippen LogP contribution in [0, 0.1) is 12.8 Å². The van der Waals surface area contributed by atoms with Crippen LogP contribution in [0.4, 0.5) is 5.69 Å². The number of rotatable bonds is 7. The van der Waals surface area contributed by atoms with Crippen LogP contribution in [0.15, 0.2) is 42.7 Å². The second-order valence-corrected chi connectivity index (χ2v) is 11.5. The van der Waals surface area contributed by atoms with E-state index in [1.807, 2.05) is 33.0 Å². The molecule has 2 heterocycles. The zero-order chi connectivity index (χ0) is 31.8. The zero-order valence-electron chi connectivity index (χ0n) is 28.4. The molecule has 1 fully saturated rings. The Balaban J connectivity index is 0.000000682. The van der Waals surface area contributed by atoms with Crippen LogP contribution in [0.25, 0.3) is 22.0 Å². The van der Waals surface area contributed by atoms with E-state index in [1.54, 1.807) is 25.1 Å². The number of nitrogens with zero attached hydrogens (tertiary/aromatic N) is 4. The molecule has 4 rings (SSSR count). The Bertz CT molecular complexity index is 1190. The number of aliphatic hydroxyl groups excluding tert-OH is 1. The second kappa shape index (κ2) is 19.4. The van der Waals surface area contributed by atoms with Crippen molar-refractivity contribution in [3.8, 4) is 11.1 Å². The number of carbonyl (C=O) groups excluding carboxylic acids is 1. The van der Waals surface area contributed by atoms with Crippen molar-refractivity contribution in [2.75, 3.05) is 33.2 Å². The van der Waals surface area contributed by atoms with Gasteiger partial charge >= 0.3 is 0 Å². The summed E-state index contributed by atoms with van der Waals surface area (Å²) in [5, 5.41) is 8.05. The van der Waals surface area contributed by atoms with Crippen molar-refractivity contribution in [3.05, 3.63) is 54.0 Å². The summed E-state index contributed by atoms with van der Waals surface area (Å²) in [6.45, 7) is 14.5. The molecule has 42 heavy (non-hydrogen) atoms. The fraction of sp³-hybridized carbons (Fsp3) is 0.583. The topological polar surface area (TPSA) is 69.6 Å². The quantitative estimate of drug-likeness (QED) is 0.304. The van der Waals surface area contributed by atoms with Gasteiger partial charge in [-0.05, 0) is 75.0 Å². The molecule has 0 aliphatic heterocycles. The first-order valence-corrected chi connectivity index (χ1v) is 15.8. The van der Waals surface area contributed by atoms with Gasteiger partial charge in [0, 0.05) is 50.0 Å². The molecule has 2 aromatic heterocycles. The average molecular weight is 579 g/mol. The number of amides is 1. The van der Waals surface area contributed by atoms with Crippen LogP contribution >= 0.6 is 0 Å². The average Bonchev–Trinajstić information content (AvgIpc) is 3.02. The molecule has 1 aliphatic rings. The number of anilines is 1. The van der Waals surface area contributed by atoms with Gasteiger partial charge < -0.3 is 14.9 Å². The minimum atomic E-state index is -0.00566. The number of fused-ring (bicyclic) bond motifs is 1. The monoisotopic (exact) mass is 578 g/mol. The number of hydrogen-bond donors (Lipinski definition) is 1. The van der Waals surface area contributed by atoms with Crippen molar-refractivity contribution in [2.24, 2.45) is 5.92 Å². The molecule has 1 amide bonds. The van der Waals surface area contributed by atoms with Crippen LogP contribution in [0.1, 0.15) is 104 Å². The normalized spacial score (nSPS) is 14.4. The fourth-order valence-corrected chi connectivity index (χ4v) is 5.45. The summed E-state index contributed by atoms with van der Waals surface area (Å²) in [6, 6.07) is 11.1. The number of aryl methyl sites for hydroxylation is 1. The first-order valence-electron chi connectivity index (χ1n) is 15.8. The molecule has 2 unspecified atom stereocenters. The van der Waals surface area contributed by atoms with E-state index in [4.69, 9.17) is 10.1 Å². The lowest BCUT2D eigenvalue weighted by atomic mass is 9.91. The van der Waals surface area contributed by atoms with Gasteiger partial charge in [0.2, 0.25) is 5.91 Å². The van der Waals surface area contributed by atoms with Gasteiger partial charge in [-0.25, -0.2) is 0 Å². The molecule has 0 saturated heterocycles. The molecule has 0 radical (unpaired) electrons. The minimum absolute atomic E-state index is 0.00566. The number of hydrogen-bond acceptors (Lipinski definition) is 5. The summed E-state index contributed by atoms with van der Waals surface area (Å²) in [5.41, 5.74) is 6.14. The maximum absolute atomic E-state index is 11.8. The van der Waals surface area contributed by atoms with E-state index in [0.29, 0.717) is 12.0 Å². The van der Waals surface area contributed by atoms with Crippen molar-refractivity contribution in [2.45, 2.75) is 105 Å². The molecule has 1 aromatic carbocycles. The van der Waals surface area contributed by atoms with Gasteiger partial charge in [-0.2, -0.15) is 0 Å². The predicted molar refractivity (Wildman–Crippen MR) is 181 cm³/mol. The van der Waals surface area contributed by atoms with Crippen LogP contribution in [-0.2, 0) is 4.79 Å².